The average molecular weight is 393 g/mol. The first-order valence-corrected chi connectivity index (χ1v) is 8.79. The summed E-state index contributed by atoms with van der Waals surface area (Å²) in [5.74, 6) is 0.662. The third-order valence-corrected chi connectivity index (χ3v) is 4.30. The van der Waals surface area contributed by atoms with Crippen LogP contribution in [0.15, 0.2) is 24.7 Å². The van der Waals surface area contributed by atoms with Gasteiger partial charge in [0, 0.05) is 29.9 Å². The molecule has 0 bridgehead atoms. The molecule has 0 aliphatic heterocycles. The fourth-order valence-electron chi connectivity index (χ4n) is 2.48. The Labute approximate surface area is 160 Å². The maximum Gasteiger partial charge on any atom is 0.245 e. The molecule has 0 saturated heterocycles. The molecular weight excluding hydrogens is 375 g/mol. The van der Waals surface area contributed by atoms with Crippen LogP contribution in [0.25, 0.3) is 22.4 Å². The molecule has 3 aromatic rings. The van der Waals surface area contributed by atoms with Crippen LogP contribution in [0.3, 0.4) is 0 Å². The highest BCUT2D eigenvalue weighted by molar-refractivity contribution is 6.33. The zero-order valence-corrected chi connectivity index (χ0v) is 16.0. The molecule has 0 aromatic carbocycles. The van der Waals surface area contributed by atoms with Crippen molar-refractivity contribution < 1.29 is 4.79 Å². The van der Waals surface area contributed by atoms with Crippen LogP contribution in [0.5, 0.6) is 0 Å². The Bertz CT molecular complexity index is 969. The Balaban J connectivity index is 2.00. The van der Waals surface area contributed by atoms with E-state index in [2.05, 4.69) is 30.6 Å². The molecule has 3 N–H and O–H groups in total. The first kappa shape index (κ1) is 18.4. The second-order valence-corrected chi connectivity index (χ2v) is 7.10. The number of hydrogen-bond acceptors (Lipinski definition) is 5. The summed E-state index contributed by atoms with van der Waals surface area (Å²) >= 11 is 12.3. The van der Waals surface area contributed by atoms with Gasteiger partial charge in [0.05, 0.1) is 11.2 Å². The van der Waals surface area contributed by atoms with Crippen LogP contribution in [-0.4, -0.2) is 37.9 Å². The molecule has 0 aliphatic carbocycles. The van der Waals surface area contributed by atoms with Gasteiger partial charge in [0.2, 0.25) is 5.91 Å². The standard InChI is InChI=1S/C17H18Cl2N6O/c1-4-20-16(26)17(2,3)25-15-12(19)8-23-14(24-15)11-7-22-13-10(11)5-9(18)6-21-13/h5-8H,4H2,1-3H3,(H,20,26)(H,21,22)(H,23,24,25). The van der Waals surface area contributed by atoms with Crippen molar-refractivity contribution in [3.05, 3.63) is 34.7 Å². The molecule has 0 unspecified atom stereocenters. The number of fused-ring (bicyclic) bond motifs is 1. The summed E-state index contributed by atoms with van der Waals surface area (Å²) in [6.07, 6.45) is 4.82. The third kappa shape index (κ3) is 3.59. The van der Waals surface area contributed by atoms with Crippen LogP contribution in [-0.2, 0) is 4.79 Å². The minimum absolute atomic E-state index is 0.153. The van der Waals surface area contributed by atoms with Gasteiger partial charge in [-0.25, -0.2) is 15.0 Å². The van der Waals surface area contributed by atoms with Gasteiger partial charge in [0.1, 0.15) is 22.0 Å². The number of hydrogen-bond donors (Lipinski definition) is 3. The molecule has 3 rings (SSSR count). The Hall–Kier alpha value is -2.38. The van der Waals surface area contributed by atoms with E-state index in [0.29, 0.717) is 33.9 Å². The summed E-state index contributed by atoms with van der Waals surface area (Å²) in [6, 6.07) is 1.79. The number of rotatable bonds is 5. The second-order valence-electron chi connectivity index (χ2n) is 6.25. The number of halogens is 2. The van der Waals surface area contributed by atoms with E-state index in [-0.39, 0.29) is 5.91 Å². The number of H-pyrrole nitrogens is 1. The molecule has 7 nitrogen and oxygen atoms in total. The van der Waals surface area contributed by atoms with Gasteiger partial charge >= 0.3 is 0 Å². The summed E-state index contributed by atoms with van der Waals surface area (Å²) in [6.45, 7) is 5.91. The molecular formula is C17H18Cl2N6O. The van der Waals surface area contributed by atoms with Crippen molar-refractivity contribution in [3.63, 3.8) is 0 Å². The van der Waals surface area contributed by atoms with Crippen LogP contribution >= 0.6 is 23.2 Å². The van der Waals surface area contributed by atoms with Gasteiger partial charge in [-0.3, -0.25) is 4.79 Å². The van der Waals surface area contributed by atoms with Crippen molar-refractivity contribution in [3.8, 4) is 11.4 Å². The van der Waals surface area contributed by atoms with E-state index in [4.69, 9.17) is 23.2 Å². The summed E-state index contributed by atoms with van der Waals surface area (Å²) in [5, 5.41) is 7.51. The van der Waals surface area contributed by atoms with Gasteiger partial charge in [-0.1, -0.05) is 23.2 Å². The lowest BCUT2D eigenvalue weighted by molar-refractivity contribution is -0.124. The van der Waals surface area contributed by atoms with Gasteiger partial charge in [0.25, 0.3) is 0 Å². The van der Waals surface area contributed by atoms with E-state index >= 15 is 0 Å². The average Bonchev–Trinajstić information content (AvgIpc) is 3.00. The SMILES string of the molecule is CCNC(=O)C(C)(C)Nc1nc(-c2c[nH]c3ncc(Cl)cc23)ncc1Cl. The van der Waals surface area contributed by atoms with E-state index < -0.39 is 5.54 Å². The summed E-state index contributed by atoms with van der Waals surface area (Å²) in [4.78, 5) is 28.3. The molecule has 0 atom stereocenters. The molecule has 0 fully saturated rings. The fraction of sp³-hybridized carbons (Fsp3) is 0.294. The van der Waals surface area contributed by atoms with Gasteiger partial charge < -0.3 is 15.6 Å². The van der Waals surface area contributed by atoms with Gasteiger partial charge in [-0.15, -0.1) is 0 Å². The maximum absolute atomic E-state index is 12.2. The molecule has 0 saturated carbocycles. The number of carbonyl (C=O) groups excluding carboxylic acids is 1. The minimum Gasteiger partial charge on any atom is -0.355 e. The van der Waals surface area contributed by atoms with Crippen LogP contribution in [0.4, 0.5) is 5.82 Å². The number of anilines is 1. The normalized spacial score (nSPS) is 11.6. The predicted octanol–water partition coefficient (Wildman–Crippen LogP) is 3.65. The molecule has 0 spiro atoms. The van der Waals surface area contributed by atoms with E-state index in [1.54, 1.807) is 32.3 Å². The highest BCUT2D eigenvalue weighted by atomic mass is 35.5. The van der Waals surface area contributed by atoms with Crippen LogP contribution < -0.4 is 10.6 Å². The summed E-state index contributed by atoms with van der Waals surface area (Å²) in [5.41, 5.74) is 0.529. The van der Waals surface area contributed by atoms with E-state index in [9.17, 15) is 4.79 Å². The molecule has 9 heteroatoms. The lowest BCUT2D eigenvalue weighted by Crippen LogP contribution is -2.48. The van der Waals surface area contributed by atoms with Crippen molar-refractivity contribution in [1.29, 1.82) is 0 Å². The molecule has 0 radical (unpaired) electrons. The molecule has 26 heavy (non-hydrogen) atoms. The van der Waals surface area contributed by atoms with E-state index in [1.807, 2.05) is 6.92 Å². The van der Waals surface area contributed by atoms with Crippen LogP contribution in [0.1, 0.15) is 20.8 Å². The molecule has 3 heterocycles. The first-order chi connectivity index (χ1) is 12.3. The van der Waals surface area contributed by atoms with Crippen molar-refractivity contribution in [2.45, 2.75) is 26.3 Å². The zero-order chi connectivity index (χ0) is 18.9. The lowest BCUT2D eigenvalue weighted by Gasteiger charge is -2.26. The van der Waals surface area contributed by atoms with Crippen LogP contribution in [0, 0.1) is 0 Å². The number of amides is 1. The molecule has 136 valence electrons. The van der Waals surface area contributed by atoms with E-state index in [1.165, 1.54) is 6.20 Å². The number of nitrogens with zero attached hydrogens (tertiary/aromatic N) is 3. The van der Waals surface area contributed by atoms with Crippen molar-refractivity contribution >= 4 is 46.0 Å². The van der Waals surface area contributed by atoms with Crippen molar-refractivity contribution in [2.24, 2.45) is 0 Å². The number of aromatic amines is 1. The number of likely N-dealkylation sites (N-methyl/N-ethyl adjacent to an activating group) is 1. The van der Waals surface area contributed by atoms with E-state index in [0.717, 1.165) is 10.9 Å². The van der Waals surface area contributed by atoms with Crippen LogP contribution in [0.2, 0.25) is 10.0 Å². The number of carbonyl (C=O) groups is 1. The Kier molecular flexibility index (Phi) is 5.02. The van der Waals surface area contributed by atoms with Gasteiger partial charge in [-0.2, -0.15) is 0 Å². The Morgan fingerprint density at radius 3 is 2.77 bits per heavy atom. The predicted molar refractivity (Wildman–Crippen MR) is 104 cm³/mol. The monoisotopic (exact) mass is 392 g/mol. The first-order valence-electron chi connectivity index (χ1n) is 8.04. The highest BCUT2D eigenvalue weighted by Gasteiger charge is 2.28. The fourth-order valence-corrected chi connectivity index (χ4v) is 2.78. The number of aromatic nitrogens is 4. The van der Waals surface area contributed by atoms with Crippen molar-refractivity contribution in [2.75, 3.05) is 11.9 Å². The number of pyridine rings is 1. The van der Waals surface area contributed by atoms with Gasteiger partial charge in [-0.05, 0) is 26.8 Å². The second kappa shape index (κ2) is 7.09. The molecule has 1 amide bonds. The Morgan fingerprint density at radius 2 is 2.04 bits per heavy atom. The lowest BCUT2D eigenvalue weighted by atomic mass is 10.0. The summed E-state index contributed by atoms with van der Waals surface area (Å²) in [7, 11) is 0. The molecule has 3 aromatic heterocycles. The smallest absolute Gasteiger partial charge is 0.245 e. The van der Waals surface area contributed by atoms with Gasteiger partial charge in [0.15, 0.2) is 5.82 Å². The minimum atomic E-state index is -0.893. The number of nitrogens with one attached hydrogen (secondary N) is 3. The zero-order valence-electron chi connectivity index (χ0n) is 14.5. The quantitative estimate of drug-likeness (QED) is 0.615. The highest BCUT2D eigenvalue weighted by Crippen LogP contribution is 2.30. The third-order valence-electron chi connectivity index (χ3n) is 3.82. The molecule has 0 aliphatic rings. The Morgan fingerprint density at radius 1 is 1.27 bits per heavy atom. The maximum atomic E-state index is 12.2. The largest absolute Gasteiger partial charge is 0.355 e. The summed E-state index contributed by atoms with van der Waals surface area (Å²) < 4.78 is 0. The van der Waals surface area contributed by atoms with Crippen molar-refractivity contribution in [1.82, 2.24) is 25.3 Å². The topological polar surface area (TPSA) is 95.6 Å².